The first-order valence-corrected chi connectivity index (χ1v) is 14.4. The highest BCUT2D eigenvalue weighted by Crippen LogP contribution is 2.59. The quantitative estimate of drug-likeness (QED) is 0.161. The van der Waals surface area contributed by atoms with Crippen LogP contribution in [0.15, 0.2) is 48.8 Å². The Labute approximate surface area is 218 Å². The molecule has 3 aliphatic carbocycles. The van der Waals surface area contributed by atoms with Crippen LogP contribution < -0.4 is 4.74 Å². The van der Waals surface area contributed by atoms with Crippen LogP contribution >= 0.6 is 0 Å². The first-order valence-electron chi connectivity index (χ1n) is 14.4. The Morgan fingerprint density at radius 3 is 2.14 bits per heavy atom. The molecule has 2 aromatic rings. The van der Waals surface area contributed by atoms with Gasteiger partial charge >= 0.3 is 5.97 Å². The molecule has 0 saturated heterocycles. The van der Waals surface area contributed by atoms with Gasteiger partial charge in [-0.2, -0.15) is 0 Å². The molecule has 4 nitrogen and oxygen atoms in total. The van der Waals surface area contributed by atoms with Crippen molar-refractivity contribution in [1.82, 2.24) is 9.97 Å². The molecule has 1 aromatic heterocycles. The second-order valence-electron chi connectivity index (χ2n) is 11.2. The molecule has 0 N–H and O–H groups in total. The summed E-state index contributed by atoms with van der Waals surface area (Å²) >= 11 is 0. The number of hydrogen-bond acceptors (Lipinski definition) is 4. The van der Waals surface area contributed by atoms with Gasteiger partial charge in [-0.1, -0.05) is 89.1 Å². The van der Waals surface area contributed by atoms with Gasteiger partial charge in [0.2, 0.25) is 0 Å². The lowest BCUT2D eigenvalue weighted by molar-refractivity contribution is -0.129. The minimum absolute atomic E-state index is 0.367. The number of hydrogen-bond donors (Lipinski definition) is 0. The van der Waals surface area contributed by atoms with Crippen molar-refractivity contribution in [3.05, 3.63) is 54.4 Å². The number of rotatable bonds is 13. The second-order valence-corrected chi connectivity index (χ2v) is 11.2. The Morgan fingerprint density at radius 2 is 1.50 bits per heavy atom. The lowest BCUT2D eigenvalue weighted by Crippen LogP contribution is -2.44. The Hall–Kier alpha value is -2.49. The maximum atomic E-state index is 11.9. The third-order valence-corrected chi connectivity index (χ3v) is 8.79. The van der Waals surface area contributed by atoms with Crippen molar-refractivity contribution in [2.45, 2.75) is 116 Å². The van der Waals surface area contributed by atoms with Gasteiger partial charge in [-0.25, -0.2) is 14.8 Å². The zero-order chi connectivity index (χ0) is 25.3. The Bertz CT molecular complexity index is 969. The molecule has 36 heavy (non-hydrogen) atoms. The topological polar surface area (TPSA) is 52.1 Å². The van der Waals surface area contributed by atoms with Crippen LogP contribution in [0.2, 0.25) is 0 Å². The lowest BCUT2D eigenvalue weighted by atomic mass is 9.51. The van der Waals surface area contributed by atoms with Crippen molar-refractivity contribution in [3.63, 3.8) is 0 Å². The first-order chi connectivity index (χ1) is 17.6. The first kappa shape index (κ1) is 26.6. The number of aromatic nitrogens is 2. The summed E-state index contributed by atoms with van der Waals surface area (Å²) in [6, 6.07) is 8.92. The van der Waals surface area contributed by atoms with Gasteiger partial charge in [0.1, 0.15) is 0 Å². The van der Waals surface area contributed by atoms with Crippen molar-refractivity contribution in [2.75, 3.05) is 0 Å². The maximum absolute atomic E-state index is 11.9. The summed E-state index contributed by atoms with van der Waals surface area (Å²) in [6.07, 6.45) is 26.2. The van der Waals surface area contributed by atoms with Crippen LogP contribution in [0.1, 0.15) is 116 Å². The smallest absolute Gasteiger partial charge is 0.335 e. The van der Waals surface area contributed by atoms with Crippen molar-refractivity contribution in [2.24, 2.45) is 5.41 Å². The van der Waals surface area contributed by atoms with E-state index >= 15 is 0 Å². The van der Waals surface area contributed by atoms with Crippen molar-refractivity contribution in [1.29, 1.82) is 0 Å². The van der Waals surface area contributed by atoms with Crippen LogP contribution in [0.3, 0.4) is 0 Å². The number of unbranched alkanes of at least 4 members (excludes halogenated alkanes) is 6. The van der Waals surface area contributed by atoms with Gasteiger partial charge in [0.05, 0.1) is 12.4 Å². The van der Waals surface area contributed by atoms with Gasteiger partial charge in [0.15, 0.2) is 11.6 Å². The third-order valence-electron chi connectivity index (χ3n) is 8.79. The number of fused-ring (bicyclic) bond motifs is 3. The largest absolute Gasteiger partial charge is 0.420 e. The molecule has 3 fully saturated rings. The van der Waals surface area contributed by atoms with Crippen LogP contribution in [0.5, 0.6) is 5.75 Å². The molecule has 0 radical (unpaired) electrons. The zero-order valence-electron chi connectivity index (χ0n) is 22.4. The van der Waals surface area contributed by atoms with Crippen molar-refractivity contribution < 1.29 is 9.53 Å². The molecule has 0 amide bonds. The SMILES string of the molecule is CCCCC=CC(=O)Oc1cnc(-c2ccc(C34CCC(CCCCCCC)(CC3)CC4)cc2)nc1. The van der Waals surface area contributed by atoms with Gasteiger partial charge in [0.25, 0.3) is 0 Å². The van der Waals surface area contributed by atoms with Crippen LogP contribution in [0, 0.1) is 5.41 Å². The molecule has 194 valence electrons. The monoisotopic (exact) mass is 488 g/mol. The average Bonchev–Trinajstić information content (AvgIpc) is 2.93. The summed E-state index contributed by atoms with van der Waals surface area (Å²) in [7, 11) is 0. The van der Waals surface area contributed by atoms with E-state index in [1.54, 1.807) is 12.4 Å². The van der Waals surface area contributed by atoms with Crippen LogP contribution in [0.25, 0.3) is 11.4 Å². The van der Waals surface area contributed by atoms with E-state index in [1.807, 2.05) is 6.08 Å². The molecule has 3 saturated carbocycles. The molecule has 0 aliphatic heterocycles. The highest BCUT2D eigenvalue weighted by atomic mass is 16.5. The van der Waals surface area contributed by atoms with Gasteiger partial charge in [-0.05, 0) is 67.8 Å². The number of carbonyl (C=O) groups excluding carboxylic acids is 1. The Kier molecular flexibility index (Phi) is 9.34. The fourth-order valence-electron chi connectivity index (χ4n) is 6.32. The molecule has 0 spiro atoms. The van der Waals surface area contributed by atoms with Gasteiger partial charge in [0, 0.05) is 11.6 Å². The zero-order valence-corrected chi connectivity index (χ0v) is 22.4. The predicted molar refractivity (Wildman–Crippen MR) is 147 cm³/mol. The van der Waals surface area contributed by atoms with Gasteiger partial charge in [-0.3, -0.25) is 0 Å². The van der Waals surface area contributed by atoms with Crippen LogP contribution in [-0.4, -0.2) is 15.9 Å². The Morgan fingerprint density at radius 1 is 0.861 bits per heavy atom. The highest BCUT2D eigenvalue weighted by Gasteiger charge is 2.48. The number of benzene rings is 1. The Balaban J connectivity index is 1.30. The van der Waals surface area contributed by atoms with Gasteiger partial charge < -0.3 is 4.74 Å². The molecular weight excluding hydrogens is 444 g/mol. The molecule has 1 heterocycles. The van der Waals surface area contributed by atoms with E-state index in [0.29, 0.717) is 22.4 Å². The van der Waals surface area contributed by atoms with E-state index < -0.39 is 0 Å². The summed E-state index contributed by atoms with van der Waals surface area (Å²) in [5.41, 5.74) is 3.49. The molecule has 0 unspecified atom stereocenters. The standard InChI is InChI=1S/C32H44N2O2/c1-3-5-7-9-11-17-31-18-21-32(22-19-31,23-20-31)27-15-13-26(14-16-27)30-33-24-28(25-34-30)36-29(35)12-10-8-6-4-2/h10,12-16,24-25H,3-9,11,17-23H2,1-2H3. The third kappa shape index (κ3) is 6.63. The molecule has 4 heteroatoms. The summed E-state index contributed by atoms with van der Waals surface area (Å²) in [5, 5.41) is 0. The summed E-state index contributed by atoms with van der Waals surface area (Å²) < 4.78 is 5.32. The molecule has 2 bridgehead atoms. The number of nitrogens with zero attached hydrogens (tertiary/aromatic N) is 2. The molecule has 0 atom stereocenters. The molecular formula is C32H44N2O2. The van der Waals surface area contributed by atoms with E-state index in [4.69, 9.17) is 4.74 Å². The van der Waals surface area contributed by atoms with E-state index in [1.165, 1.54) is 88.7 Å². The minimum atomic E-state index is -0.383. The summed E-state index contributed by atoms with van der Waals surface area (Å²) in [6.45, 7) is 4.42. The van der Waals surface area contributed by atoms with E-state index in [2.05, 4.69) is 48.1 Å². The van der Waals surface area contributed by atoms with Crippen LogP contribution in [-0.2, 0) is 10.2 Å². The number of ether oxygens (including phenoxy) is 1. The van der Waals surface area contributed by atoms with E-state index in [-0.39, 0.29) is 5.97 Å². The normalized spacial score (nSPS) is 23.3. The van der Waals surface area contributed by atoms with Crippen molar-refractivity contribution in [3.8, 4) is 17.1 Å². The number of carbonyl (C=O) groups is 1. The number of esters is 1. The predicted octanol–water partition coefficient (Wildman–Crippen LogP) is 8.75. The summed E-state index contributed by atoms with van der Waals surface area (Å²) in [5.74, 6) is 0.649. The second kappa shape index (κ2) is 12.7. The highest BCUT2D eigenvalue weighted by molar-refractivity contribution is 5.83. The molecule has 5 rings (SSSR count). The van der Waals surface area contributed by atoms with Crippen molar-refractivity contribution >= 4 is 5.97 Å². The molecule has 1 aromatic carbocycles. The number of allylic oxidation sites excluding steroid dienone is 1. The van der Waals surface area contributed by atoms with E-state index in [0.717, 1.165) is 24.8 Å². The fourth-order valence-corrected chi connectivity index (χ4v) is 6.32. The van der Waals surface area contributed by atoms with Gasteiger partial charge in [-0.15, -0.1) is 0 Å². The summed E-state index contributed by atoms with van der Waals surface area (Å²) in [4.78, 5) is 20.8. The molecule has 3 aliphatic rings. The van der Waals surface area contributed by atoms with Crippen LogP contribution in [0.4, 0.5) is 0 Å². The fraction of sp³-hybridized carbons (Fsp3) is 0.594. The van der Waals surface area contributed by atoms with E-state index in [9.17, 15) is 4.79 Å². The lowest BCUT2D eigenvalue weighted by Gasteiger charge is -2.54. The average molecular weight is 489 g/mol. The maximum Gasteiger partial charge on any atom is 0.335 e. The minimum Gasteiger partial charge on any atom is -0.420 e.